The van der Waals surface area contributed by atoms with Crippen molar-refractivity contribution in [3.63, 3.8) is 0 Å². The zero-order valence-corrected chi connectivity index (χ0v) is 14.9. The Morgan fingerprint density at radius 1 is 0.889 bits per heavy atom. The third-order valence-electron chi connectivity index (χ3n) is 4.57. The Bertz CT molecular complexity index is 942. The summed E-state index contributed by atoms with van der Waals surface area (Å²) >= 11 is 0. The molecule has 27 heavy (non-hydrogen) atoms. The first-order valence-electron chi connectivity index (χ1n) is 9.10. The minimum atomic E-state index is -0.0885. The van der Waals surface area contributed by atoms with Crippen molar-refractivity contribution in [1.82, 2.24) is 4.57 Å². The van der Waals surface area contributed by atoms with Crippen LogP contribution >= 0.6 is 0 Å². The minimum Gasteiger partial charge on any atom is -0.326 e. The molecule has 0 spiro atoms. The van der Waals surface area contributed by atoms with Crippen LogP contribution in [0, 0.1) is 5.92 Å². The summed E-state index contributed by atoms with van der Waals surface area (Å²) in [4.78, 5) is 24.2. The number of anilines is 2. The second-order valence-electron chi connectivity index (χ2n) is 6.83. The van der Waals surface area contributed by atoms with Crippen LogP contribution in [-0.4, -0.2) is 16.4 Å². The van der Waals surface area contributed by atoms with Crippen molar-refractivity contribution < 1.29 is 9.59 Å². The Morgan fingerprint density at radius 2 is 1.56 bits per heavy atom. The fraction of sp³-hybridized carbons (Fsp3) is 0.182. The molecule has 5 nitrogen and oxygen atoms in total. The molecular formula is C22H21N3O2. The van der Waals surface area contributed by atoms with Gasteiger partial charge < -0.3 is 15.2 Å². The first-order valence-corrected chi connectivity index (χ1v) is 9.10. The van der Waals surface area contributed by atoms with Gasteiger partial charge in [-0.1, -0.05) is 18.2 Å². The standard InChI is InChI=1S/C22H21N3O2/c26-21(14-16-6-10-20(11-7-16)25-12-1-2-13-25)23-18-4-3-5-19(15-18)24-22(27)17-8-9-17/h1-7,10-13,15,17H,8-9,14H2,(H,23,26)(H,24,27). The van der Waals surface area contributed by atoms with E-state index in [-0.39, 0.29) is 17.7 Å². The lowest BCUT2D eigenvalue weighted by Gasteiger charge is -2.09. The summed E-state index contributed by atoms with van der Waals surface area (Å²) in [7, 11) is 0. The third-order valence-corrected chi connectivity index (χ3v) is 4.57. The maximum absolute atomic E-state index is 12.3. The first kappa shape index (κ1) is 17.1. The number of hydrogen-bond acceptors (Lipinski definition) is 2. The average molecular weight is 359 g/mol. The molecule has 1 aliphatic carbocycles. The Balaban J connectivity index is 1.35. The summed E-state index contributed by atoms with van der Waals surface area (Å²) in [5.74, 6) is 0.119. The van der Waals surface area contributed by atoms with E-state index in [1.807, 2.05) is 71.6 Å². The molecule has 2 amide bonds. The van der Waals surface area contributed by atoms with E-state index in [4.69, 9.17) is 0 Å². The molecular weight excluding hydrogens is 338 g/mol. The van der Waals surface area contributed by atoms with E-state index in [1.54, 1.807) is 6.07 Å². The summed E-state index contributed by atoms with van der Waals surface area (Å²) in [5, 5.41) is 5.79. The van der Waals surface area contributed by atoms with Crippen molar-refractivity contribution in [3.8, 4) is 5.69 Å². The van der Waals surface area contributed by atoms with Gasteiger partial charge in [-0.15, -0.1) is 0 Å². The molecule has 0 radical (unpaired) electrons. The summed E-state index contributed by atoms with van der Waals surface area (Å²) in [6, 6.07) is 19.1. The number of benzene rings is 2. The van der Waals surface area contributed by atoms with E-state index in [0.717, 1.165) is 24.1 Å². The predicted molar refractivity (Wildman–Crippen MR) is 106 cm³/mol. The van der Waals surface area contributed by atoms with Crippen LogP contribution in [0.5, 0.6) is 0 Å². The lowest BCUT2D eigenvalue weighted by atomic mass is 10.1. The van der Waals surface area contributed by atoms with Crippen LogP contribution in [0.25, 0.3) is 5.69 Å². The third kappa shape index (κ3) is 4.44. The largest absolute Gasteiger partial charge is 0.326 e. The topological polar surface area (TPSA) is 63.1 Å². The van der Waals surface area contributed by atoms with E-state index in [1.165, 1.54) is 0 Å². The highest BCUT2D eigenvalue weighted by Gasteiger charge is 2.29. The monoisotopic (exact) mass is 359 g/mol. The Labute approximate surface area is 158 Å². The molecule has 0 aliphatic heterocycles. The van der Waals surface area contributed by atoms with Crippen molar-refractivity contribution in [2.75, 3.05) is 10.6 Å². The molecule has 0 bridgehead atoms. The van der Waals surface area contributed by atoms with Crippen molar-refractivity contribution in [2.45, 2.75) is 19.3 Å². The van der Waals surface area contributed by atoms with Crippen LogP contribution in [0.2, 0.25) is 0 Å². The lowest BCUT2D eigenvalue weighted by molar-refractivity contribution is -0.117. The second-order valence-corrected chi connectivity index (χ2v) is 6.83. The first-order chi connectivity index (χ1) is 13.2. The van der Waals surface area contributed by atoms with Crippen molar-refractivity contribution in [2.24, 2.45) is 5.92 Å². The van der Waals surface area contributed by atoms with E-state index < -0.39 is 0 Å². The molecule has 1 fully saturated rings. The Kier molecular flexibility index (Phi) is 4.75. The highest BCUT2D eigenvalue weighted by molar-refractivity contribution is 5.96. The number of rotatable bonds is 6. The minimum absolute atomic E-state index is 0.0567. The summed E-state index contributed by atoms with van der Waals surface area (Å²) in [6.45, 7) is 0. The van der Waals surface area contributed by atoms with Gasteiger partial charge in [0.05, 0.1) is 6.42 Å². The molecule has 1 aliphatic rings. The molecule has 1 aromatic heterocycles. The number of nitrogens with one attached hydrogen (secondary N) is 2. The molecule has 0 saturated heterocycles. The molecule has 136 valence electrons. The number of carbonyl (C=O) groups is 2. The van der Waals surface area contributed by atoms with Gasteiger partial charge in [0.15, 0.2) is 0 Å². The van der Waals surface area contributed by atoms with E-state index in [2.05, 4.69) is 10.6 Å². The smallest absolute Gasteiger partial charge is 0.228 e. The molecule has 0 atom stereocenters. The molecule has 1 heterocycles. The van der Waals surface area contributed by atoms with Crippen LogP contribution < -0.4 is 10.6 Å². The van der Waals surface area contributed by atoms with E-state index >= 15 is 0 Å². The Hall–Kier alpha value is -3.34. The normalized spacial score (nSPS) is 13.2. The fourth-order valence-corrected chi connectivity index (χ4v) is 2.95. The van der Waals surface area contributed by atoms with Gasteiger partial charge in [0, 0.05) is 35.4 Å². The fourth-order valence-electron chi connectivity index (χ4n) is 2.95. The molecule has 2 aromatic carbocycles. The Morgan fingerprint density at radius 3 is 2.22 bits per heavy atom. The molecule has 4 rings (SSSR count). The zero-order valence-electron chi connectivity index (χ0n) is 14.9. The lowest BCUT2D eigenvalue weighted by Crippen LogP contribution is -2.16. The van der Waals surface area contributed by atoms with Crippen molar-refractivity contribution in [3.05, 3.63) is 78.6 Å². The second kappa shape index (κ2) is 7.50. The number of aromatic nitrogens is 1. The quantitative estimate of drug-likeness (QED) is 0.698. The van der Waals surface area contributed by atoms with Gasteiger partial charge in [0.2, 0.25) is 11.8 Å². The van der Waals surface area contributed by atoms with Crippen LogP contribution in [-0.2, 0) is 16.0 Å². The van der Waals surface area contributed by atoms with Crippen LogP contribution in [0.3, 0.4) is 0 Å². The number of nitrogens with zero attached hydrogens (tertiary/aromatic N) is 1. The van der Waals surface area contributed by atoms with Gasteiger partial charge in [-0.3, -0.25) is 9.59 Å². The highest BCUT2D eigenvalue weighted by atomic mass is 16.2. The van der Waals surface area contributed by atoms with E-state index in [9.17, 15) is 9.59 Å². The molecule has 5 heteroatoms. The molecule has 0 unspecified atom stereocenters. The van der Waals surface area contributed by atoms with Crippen LogP contribution in [0.4, 0.5) is 11.4 Å². The van der Waals surface area contributed by atoms with Crippen molar-refractivity contribution >= 4 is 23.2 Å². The molecule has 3 aromatic rings. The van der Waals surface area contributed by atoms with Gasteiger partial charge in [-0.05, 0) is 60.9 Å². The average Bonchev–Trinajstić information content (AvgIpc) is 3.38. The van der Waals surface area contributed by atoms with Gasteiger partial charge in [0.25, 0.3) is 0 Å². The zero-order chi connectivity index (χ0) is 18.6. The number of hydrogen-bond donors (Lipinski definition) is 2. The summed E-state index contributed by atoms with van der Waals surface area (Å²) in [6.07, 6.45) is 6.19. The predicted octanol–water partition coefficient (Wildman–Crippen LogP) is 4.01. The summed E-state index contributed by atoms with van der Waals surface area (Å²) < 4.78 is 2.02. The summed E-state index contributed by atoms with van der Waals surface area (Å²) in [5.41, 5.74) is 3.39. The van der Waals surface area contributed by atoms with Gasteiger partial charge in [-0.25, -0.2) is 0 Å². The van der Waals surface area contributed by atoms with Crippen LogP contribution in [0.15, 0.2) is 73.1 Å². The van der Waals surface area contributed by atoms with Crippen molar-refractivity contribution in [1.29, 1.82) is 0 Å². The van der Waals surface area contributed by atoms with Crippen LogP contribution in [0.1, 0.15) is 18.4 Å². The van der Waals surface area contributed by atoms with Gasteiger partial charge in [0.1, 0.15) is 0 Å². The van der Waals surface area contributed by atoms with Gasteiger partial charge >= 0.3 is 0 Å². The SMILES string of the molecule is O=C(Cc1ccc(-n2cccc2)cc1)Nc1cccc(NC(=O)C2CC2)c1. The highest BCUT2D eigenvalue weighted by Crippen LogP contribution is 2.30. The molecule has 1 saturated carbocycles. The van der Waals surface area contributed by atoms with Gasteiger partial charge in [-0.2, -0.15) is 0 Å². The number of carbonyl (C=O) groups excluding carboxylic acids is 2. The van der Waals surface area contributed by atoms with E-state index in [0.29, 0.717) is 17.8 Å². The molecule has 2 N–H and O–H groups in total. The maximum atomic E-state index is 12.3. The number of amides is 2. The maximum Gasteiger partial charge on any atom is 0.228 e.